The molecule has 110 valence electrons. The maximum absolute atomic E-state index is 11.6. The van der Waals surface area contributed by atoms with Gasteiger partial charge in [0.25, 0.3) is 0 Å². The number of rotatable bonds is 5. The second kappa shape index (κ2) is 6.35. The van der Waals surface area contributed by atoms with Gasteiger partial charge in [-0.25, -0.2) is 4.98 Å². The molecule has 5 nitrogen and oxygen atoms in total. The fourth-order valence-electron chi connectivity index (χ4n) is 2.17. The molecule has 0 aliphatic rings. The van der Waals surface area contributed by atoms with Crippen molar-refractivity contribution in [2.75, 3.05) is 7.11 Å². The minimum atomic E-state index is -0.939. The molecule has 0 radical (unpaired) electrons. The van der Waals surface area contributed by atoms with Gasteiger partial charge in [0.15, 0.2) is 0 Å². The summed E-state index contributed by atoms with van der Waals surface area (Å²) in [5.41, 5.74) is 2.73. The van der Waals surface area contributed by atoms with Crippen molar-refractivity contribution < 1.29 is 14.6 Å². The summed E-state index contributed by atoms with van der Waals surface area (Å²) in [6.07, 6.45) is 0.356. The van der Waals surface area contributed by atoms with E-state index < -0.39 is 11.9 Å². The number of benzene rings is 1. The topological polar surface area (TPSA) is 72.3 Å². The van der Waals surface area contributed by atoms with E-state index in [2.05, 4.69) is 9.97 Å². The van der Waals surface area contributed by atoms with Gasteiger partial charge in [-0.05, 0) is 31.4 Å². The molecule has 0 aliphatic carbocycles. The minimum absolute atomic E-state index is 0.280. The van der Waals surface area contributed by atoms with Gasteiger partial charge in [-0.15, -0.1) is 0 Å². The molecular formula is C16H18N2O3. The van der Waals surface area contributed by atoms with Crippen LogP contribution < -0.4 is 4.74 Å². The highest BCUT2D eigenvalue weighted by Gasteiger charge is 2.25. The highest BCUT2D eigenvalue weighted by atomic mass is 16.5. The molecule has 2 aromatic rings. The molecule has 1 unspecified atom stereocenters. The predicted octanol–water partition coefficient (Wildman–Crippen LogP) is 2.51. The summed E-state index contributed by atoms with van der Waals surface area (Å²) in [7, 11) is 1.50. The fourth-order valence-corrected chi connectivity index (χ4v) is 2.17. The first-order chi connectivity index (χ1) is 10.0. The van der Waals surface area contributed by atoms with Crippen molar-refractivity contribution in [2.24, 2.45) is 0 Å². The number of hydrogen-bond acceptors (Lipinski definition) is 4. The second-order valence-electron chi connectivity index (χ2n) is 4.93. The zero-order valence-electron chi connectivity index (χ0n) is 12.3. The van der Waals surface area contributed by atoms with Crippen LogP contribution in [0.1, 0.15) is 28.6 Å². The Labute approximate surface area is 123 Å². The minimum Gasteiger partial charge on any atom is -0.481 e. The van der Waals surface area contributed by atoms with Gasteiger partial charge < -0.3 is 9.84 Å². The number of aliphatic carboxylic acids is 1. The number of nitrogens with zero attached hydrogens (tertiary/aromatic N) is 2. The van der Waals surface area contributed by atoms with Crippen LogP contribution in [0, 0.1) is 13.8 Å². The molecule has 21 heavy (non-hydrogen) atoms. The first kappa shape index (κ1) is 15.0. The Balaban J connectivity index is 2.38. The molecule has 1 atom stereocenters. The van der Waals surface area contributed by atoms with E-state index in [1.54, 1.807) is 13.0 Å². The summed E-state index contributed by atoms with van der Waals surface area (Å²) in [4.78, 5) is 20.0. The Morgan fingerprint density at radius 3 is 2.62 bits per heavy atom. The van der Waals surface area contributed by atoms with Crippen molar-refractivity contribution in [3.8, 4) is 5.88 Å². The number of aromatic nitrogens is 2. The van der Waals surface area contributed by atoms with Gasteiger partial charge in [-0.2, -0.15) is 4.98 Å². The van der Waals surface area contributed by atoms with Crippen molar-refractivity contribution >= 4 is 5.97 Å². The summed E-state index contributed by atoms with van der Waals surface area (Å²) in [6, 6.07) is 9.40. The molecule has 0 saturated heterocycles. The van der Waals surface area contributed by atoms with Gasteiger partial charge in [-0.3, -0.25) is 4.79 Å². The van der Waals surface area contributed by atoms with Crippen molar-refractivity contribution in [3.05, 3.63) is 53.0 Å². The van der Waals surface area contributed by atoms with Crippen LogP contribution in [0.3, 0.4) is 0 Å². The molecule has 0 saturated carbocycles. The number of carboxylic acid groups (broad SMARTS) is 1. The molecule has 0 fully saturated rings. The quantitative estimate of drug-likeness (QED) is 0.914. The van der Waals surface area contributed by atoms with E-state index in [9.17, 15) is 9.90 Å². The first-order valence-corrected chi connectivity index (χ1v) is 6.68. The molecule has 0 aliphatic heterocycles. The first-order valence-electron chi connectivity index (χ1n) is 6.68. The maximum Gasteiger partial charge on any atom is 0.314 e. The molecule has 0 spiro atoms. The van der Waals surface area contributed by atoms with Crippen molar-refractivity contribution in [3.63, 3.8) is 0 Å². The summed E-state index contributed by atoms with van der Waals surface area (Å²) in [5, 5.41) is 9.51. The third-order valence-electron chi connectivity index (χ3n) is 3.35. The Morgan fingerprint density at radius 1 is 1.29 bits per heavy atom. The summed E-state index contributed by atoms with van der Waals surface area (Å²) >= 11 is 0. The summed E-state index contributed by atoms with van der Waals surface area (Å²) in [6.45, 7) is 3.76. The van der Waals surface area contributed by atoms with Gasteiger partial charge in [0.2, 0.25) is 5.88 Å². The highest BCUT2D eigenvalue weighted by Crippen LogP contribution is 2.22. The zero-order valence-corrected chi connectivity index (χ0v) is 12.3. The average Bonchev–Trinajstić information content (AvgIpc) is 2.45. The third-order valence-corrected chi connectivity index (χ3v) is 3.35. The molecule has 0 amide bonds. The van der Waals surface area contributed by atoms with E-state index in [1.807, 2.05) is 31.2 Å². The van der Waals surface area contributed by atoms with Gasteiger partial charge >= 0.3 is 5.97 Å². The lowest BCUT2D eigenvalue weighted by Gasteiger charge is -2.14. The lowest BCUT2D eigenvalue weighted by molar-refractivity contribution is -0.139. The van der Waals surface area contributed by atoms with Crippen LogP contribution in [0.4, 0.5) is 0 Å². The molecule has 2 rings (SSSR count). The standard InChI is InChI=1S/C16H18N2O3/c1-10-6-4-5-7-12(10)9-13(16(19)20)15-17-11(2)8-14(18-15)21-3/h4-8,13H,9H2,1-3H3,(H,19,20). The van der Waals surface area contributed by atoms with Crippen LogP contribution in [0.15, 0.2) is 30.3 Å². The lowest BCUT2D eigenvalue weighted by Crippen LogP contribution is -2.18. The Bertz CT molecular complexity index is 656. The molecule has 5 heteroatoms. The Hall–Kier alpha value is -2.43. The Kier molecular flexibility index (Phi) is 4.52. The Morgan fingerprint density at radius 2 is 2.00 bits per heavy atom. The van der Waals surface area contributed by atoms with Crippen molar-refractivity contribution in [2.45, 2.75) is 26.2 Å². The summed E-state index contributed by atoms with van der Waals surface area (Å²) in [5.74, 6) is -1.07. The van der Waals surface area contributed by atoms with Gasteiger partial charge in [0, 0.05) is 11.8 Å². The second-order valence-corrected chi connectivity index (χ2v) is 4.93. The monoisotopic (exact) mass is 286 g/mol. The molecule has 1 aromatic carbocycles. The van der Waals surface area contributed by atoms with Crippen LogP contribution in [-0.4, -0.2) is 28.2 Å². The van der Waals surface area contributed by atoms with Gasteiger partial charge in [0.1, 0.15) is 11.7 Å². The normalized spacial score (nSPS) is 12.0. The summed E-state index contributed by atoms with van der Waals surface area (Å²) < 4.78 is 5.10. The number of aryl methyl sites for hydroxylation is 2. The van der Waals surface area contributed by atoms with E-state index in [-0.39, 0.29) is 5.82 Å². The third kappa shape index (κ3) is 3.56. The molecular weight excluding hydrogens is 268 g/mol. The average molecular weight is 286 g/mol. The van der Waals surface area contributed by atoms with Gasteiger partial charge in [-0.1, -0.05) is 24.3 Å². The number of methoxy groups -OCH3 is 1. The van der Waals surface area contributed by atoms with E-state index in [1.165, 1.54) is 7.11 Å². The smallest absolute Gasteiger partial charge is 0.314 e. The number of carboxylic acids is 1. The van der Waals surface area contributed by atoms with E-state index in [4.69, 9.17) is 4.74 Å². The van der Waals surface area contributed by atoms with Crippen LogP contribution in [-0.2, 0) is 11.2 Å². The largest absolute Gasteiger partial charge is 0.481 e. The molecule has 0 bridgehead atoms. The number of ether oxygens (including phenoxy) is 1. The fraction of sp³-hybridized carbons (Fsp3) is 0.312. The van der Waals surface area contributed by atoms with Crippen LogP contribution in [0.25, 0.3) is 0 Å². The van der Waals surface area contributed by atoms with Gasteiger partial charge in [0.05, 0.1) is 7.11 Å². The number of carbonyl (C=O) groups is 1. The molecule has 1 N–H and O–H groups in total. The van der Waals surface area contributed by atoms with Crippen LogP contribution in [0.5, 0.6) is 5.88 Å². The highest BCUT2D eigenvalue weighted by molar-refractivity contribution is 5.75. The lowest BCUT2D eigenvalue weighted by atomic mass is 9.95. The molecule has 1 aromatic heterocycles. The predicted molar refractivity (Wildman–Crippen MR) is 78.6 cm³/mol. The van der Waals surface area contributed by atoms with E-state index in [0.29, 0.717) is 18.0 Å². The SMILES string of the molecule is COc1cc(C)nc(C(Cc2ccccc2C)C(=O)O)n1. The molecule has 1 heterocycles. The number of hydrogen-bond donors (Lipinski definition) is 1. The van der Waals surface area contributed by atoms with Crippen LogP contribution >= 0.6 is 0 Å². The van der Waals surface area contributed by atoms with E-state index in [0.717, 1.165) is 11.1 Å². The maximum atomic E-state index is 11.6. The van der Waals surface area contributed by atoms with Crippen molar-refractivity contribution in [1.29, 1.82) is 0 Å². The van der Waals surface area contributed by atoms with E-state index >= 15 is 0 Å². The van der Waals surface area contributed by atoms with Crippen molar-refractivity contribution in [1.82, 2.24) is 9.97 Å². The zero-order chi connectivity index (χ0) is 15.4. The van der Waals surface area contributed by atoms with Crippen LogP contribution in [0.2, 0.25) is 0 Å².